The highest BCUT2D eigenvalue weighted by Crippen LogP contribution is 2.43. The maximum Gasteiger partial charge on any atom is 0.238 e. The topological polar surface area (TPSA) is 46.2 Å². The van der Waals surface area contributed by atoms with Gasteiger partial charge < -0.3 is 0 Å². The van der Waals surface area contributed by atoms with Crippen molar-refractivity contribution in [1.29, 1.82) is 0 Å². The average Bonchev–Trinajstić information content (AvgIpc) is 3.28. The standard InChI is InChI=1S/C18H18F3NO2S/c1-11-3-4-12(15(20)9-11)10-13-16(6-5-14(19)17(13)21)22-25(23,24)18(2)7-8-18/h3-6,9,22H,7-8,10H2,1-2H3. The first kappa shape index (κ1) is 17.8. The van der Waals surface area contributed by atoms with Gasteiger partial charge in [0.05, 0.1) is 10.4 Å². The molecule has 25 heavy (non-hydrogen) atoms. The summed E-state index contributed by atoms with van der Waals surface area (Å²) >= 11 is 0. The number of sulfonamides is 1. The lowest BCUT2D eigenvalue weighted by Crippen LogP contribution is -2.27. The van der Waals surface area contributed by atoms with Crippen molar-refractivity contribution < 1.29 is 21.6 Å². The number of halogens is 3. The number of hydrogen-bond donors (Lipinski definition) is 1. The maximum absolute atomic E-state index is 14.3. The van der Waals surface area contributed by atoms with Crippen LogP contribution in [0.2, 0.25) is 0 Å². The van der Waals surface area contributed by atoms with Crippen LogP contribution in [0.5, 0.6) is 0 Å². The lowest BCUT2D eigenvalue weighted by Gasteiger charge is -2.17. The van der Waals surface area contributed by atoms with Gasteiger partial charge in [0, 0.05) is 12.0 Å². The predicted molar refractivity (Wildman–Crippen MR) is 90.5 cm³/mol. The molecule has 0 aromatic heterocycles. The van der Waals surface area contributed by atoms with Crippen LogP contribution < -0.4 is 4.72 Å². The van der Waals surface area contributed by atoms with E-state index in [1.807, 2.05) is 0 Å². The summed E-state index contributed by atoms with van der Waals surface area (Å²) in [6.45, 7) is 3.31. The van der Waals surface area contributed by atoms with Crippen molar-refractivity contribution in [3.8, 4) is 0 Å². The molecule has 2 aromatic carbocycles. The van der Waals surface area contributed by atoms with E-state index in [1.54, 1.807) is 19.9 Å². The van der Waals surface area contributed by atoms with Crippen LogP contribution in [-0.4, -0.2) is 13.2 Å². The number of rotatable bonds is 5. The van der Waals surface area contributed by atoms with Gasteiger partial charge in [-0.2, -0.15) is 0 Å². The number of hydrogen-bond acceptors (Lipinski definition) is 2. The fourth-order valence-corrected chi connectivity index (χ4v) is 3.93. The zero-order valence-corrected chi connectivity index (χ0v) is 14.7. The third kappa shape index (κ3) is 3.38. The Bertz CT molecular complexity index is 938. The molecule has 134 valence electrons. The van der Waals surface area contributed by atoms with Crippen molar-refractivity contribution in [2.24, 2.45) is 0 Å². The van der Waals surface area contributed by atoms with Gasteiger partial charge in [0.25, 0.3) is 0 Å². The molecule has 7 heteroatoms. The monoisotopic (exact) mass is 369 g/mol. The van der Waals surface area contributed by atoms with Crippen LogP contribution in [0.3, 0.4) is 0 Å². The van der Waals surface area contributed by atoms with Gasteiger partial charge in [-0.3, -0.25) is 4.72 Å². The molecule has 2 aromatic rings. The van der Waals surface area contributed by atoms with Gasteiger partial charge in [-0.1, -0.05) is 12.1 Å². The lowest BCUT2D eigenvalue weighted by atomic mass is 10.0. The minimum Gasteiger partial charge on any atom is -0.283 e. The summed E-state index contributed by atoms with van der Waals surface area (Å²) < 4.78 is 68.3. The molecule has 0 bridgehead atoms. The van der Waals surface area contributed by atoms with Crippen molar-refractivity contribution in [2.45, 2.75) is 37.9 Å². The highest BCUT2D eigenvalue weighted by Gasteiger charge is 2.50. The highest BCUT2D eigenvalue weighted by atomic mass is 32.2. The largest absolute Gasteiger partial charge is 0.283 e. The van der Waals surface area contributed by atoms with Gasteiger partial charge in [-0.25, -0.2) is 21.6 Å². The van der Waals surface area contributed by atoms with E-state index in [0.29, 0.717) is 18.4 Å². The first-order chi connectivity index (χ1) is 11.6. The van der Waals surface area contributed by atoms with Crippen LogP contribution in [0.4, 0.5) is 18.9 Å². The third-order valence-corrected chi connectivity index (χ3v) is 6.81. The van der Waals surface area contributed by atoms with Crippen molar-refractivity contribution in [2.75, 3.05) is 4.72 Å². The van der Waals surface area contributed by atoms with Crippen LogP contribution >= 0.6 is 0 Å². The molecule has 1 aliphatic carbocycles. The first-order valence-corrected chi connectivity index (χ1v) is 9.35. The summed E-state index contributed by atoms with van der Waals surface area (Å²) in [6, 6.07) is 6.46. The van der Waals surface area contributed by atoms with E-state index in [2.05, 4.69) is 4.72 Å². The van der Waals surface area contributed by atoms with Gasteiger partial charge >= 0.3 is 0 Å². The van der Waals surface area contributed by atoms with Crippen molar-refractivity contribution >= 4 is 15.7 Å². The van der Waals surface area contributed by atoms with Crippen LogP contribution in [0.25, 0.3) is 0 Å². The van der Waals surface area contributed by atoms with E-state index in [0.717, 1.165) is 6.07 Å². The fraction of sp³-hybridized carbons (Fsp3) is 0.333. The normalized spacial score (nSPS) is 15.9. The molecule has 0 saturated heterocycles. The summed E-state index contributed by atoms with van der Waals surface area (Å²) in [6.07, 6.45) is 0.756. The molecule has 0 aliphatic heterocycles. The van der Waals surface area contributed by atoms with Crippen LogP contribution in [0.1, 0.15) is 36.5 Å². The SMILES string of the molecule is Cc1ccc(Cc2c(NS(=O)(=O)C3(C)CC3)ccc(F)c2F)c(F)c1. The second kappa shape index (κ2) is 6.05. The second-order valence-corrected chi connectivity index (χ2v) is 8.91. The van der Waals surface area contributed by atoms with Crippen LogP contribution in [0, 0.1) is 24.4 Å². The van der Waals surface area contributed by atoms with Gasteiger partial charge in [0.1, 0.15) is 5.82 Å². The van der Waals surface area contributed by atoms with E-state index in [4.69, 9.17) is 0 Å². The Balaban J connectivity index is 2.01. The van der Waals surface area contributed by atoms with E-state index in [-0.39, 0.29) is 23.2 Å². The van der Waals surface area contributed by atoms with Crippen molar-refractivity contribution in [1.82, 2.24) is 0 Å². The minimum absolute atomic E-state index is 0.0630. The number of benzene rings is 2. The zero-order valence-electron chi connectivity index (χ0n) is 13.9. The van der Waals surface area contributed by atoms with E-state index in [1.165, 1.54) is 18.2 Å². The lowest BCUT2D eigenvalue weighted by molar-refractivity contribution is 0.500. The molecule has 0 unspecified atom stereocenters. The molecule has 0 spiro atoms. The number of aryl methyl sites for hydroxylation is 1. The van der Waals surface area contributed by atoms with Crippen molar-refractivity contribution in [3.63, 3.8) is 0 Å². The summed E-state index contributed by atoms with van der Waals surface area (Å²) in [7, 11) is -3.73. The minimum atomic E-state index is -3.73. The predicted octanol–water partition coefficient (Wildman–Crippen LogP) is 4.30. The molecule has 1 aliphatic rings. The quantitative estimate of drug-likeness (QED) is 0.854. The fourth-order valence-electron chi connectivity index (χ4n) is 2.56. The van der Waals surface area contributed by atoms with Crippen molar-refractivity contribution in [3.05, 3.63) is 64.5 Å². The Labute approximate surface area is 144 Å². The molecule has 0 heterocycles. The van der Waals surface area contributed by atoms with E-state index >= 15 is 0 Å². The molecule has 3 nitrogen and oxygen atoms in total. The van der Waals surface area contributed by atoms with Gasteiger partial charge in [0.15, 0.2) is 11.6 Å². The smallest absolute Gasteiger partial charge is 0.238 e. The molecule has 1 fully saturated rings. The van der Waals surface area contributed by atoms with Gasteiger partial charge in [-0.15, -0.1) is 0 Å². The Morgan fingerprint density at radius 3 is 2.36 bits per heavy atom. The Morgan fingerprint density at radius 2 is 1.76 bits per heavy atom. The third-order valence-electron chi connectivity index (χ3n) is 4.62. The number of anilines is 1. The summed E-state index contributed by atoms with van der Waals surface area (Å²) in [5, 5.41) is 0. The molecular formula is C18H18F3NO2S. The van der Waals surface area contributed by atoms with Gasteiger partial charge in [-0.05, 0) is 56.0 Å². The molecule has 3 rings (SSSR count). The summed E-state index contributed by atoms with van der Waals surface area (Å²) in [4.78, 5) is 0. The maximum atomic E-state index is 14.3. The molecule has 0 amide bonds. The second-order valence-electron chi connectivity index (χ2n) is 6.71. The zero-order chi connectivity index (χ0) is 18.4. The van der Waals surface area contributed by atoms with Gasteiger partial charge in [0.2, 0.25) is 10.0 Å². The molecule has 0 radical (unpaired) electrons. The molecule has 1 saturated carbocycles. The molecule has 1 N–H and O–H groups in total. The Kier molecular flexibility index (Phi) is 4.31. The first-order valence-electron chi connectivity index (χ1n) is 7.87. The molecule has 0 atom stereocenters. The number of nitrogens with one attached hydrogen (secondary N) is 1. The Hall–Kier alpha value is -2.02. The van der Waals surface area contributed by atoms with Crippen LogP contribution in [0.15, 0.2) is 30.3 Å². The highest BCUT2D eigenvalue weighted by molar-refractivity contribution is 7.94. The van der Waals surface area contributed by atoms with E-state index in [9.17, 15) is 21.6 Å². The average molecular weight is 369 g/mol. The summed E-state index contributed by atoms with van der Waals surface area (Å²) in [5.41, 5.74) is 0.583. The Morgan fingerprint density at radius 1 is 1.08 bits per heavy atom. The van der Waals surface area contributed by atoms with E-state index < -0.39 is 32.2 Å². The molecular weight excluding hydrogens is 351 g/mol. The van der Waals surface area contributed by atoms with Crippen LogP contribution in [-0.2, 0) is 16.4 Å². The summed E-state index contributed by atoms with van der Waals surface area (Å²) in [5.74, 6) is -2.84.